The lowest BCUT2D eigenvalue weighted by atomic mass is 10.0. The highest BCUT2D eigenvalue weighted by Gasteiger charge is 2.27. The lowest BCUT2D eigenvalue weighted by molar-refractivity contribution is 0.0578. The lowest BCUT2D eigenvalue weighted by Crippen LogP contribution is -2.39. The largest absolute Gasteiger partial charge is 0.443 e. The quantitative estimate of drug-likeness (QED) is 0.717. The molecule has 1 heterocycles. The second-order valence-electron chi connectivity index (χ2n) is 5.69. The molecule has 0 N–H and O–H groups in total. The first-order chi connectivity index (χ1) is 8.90. The number of amides is 1. The number of benzene rings is 1. The maximum atomic E-state index is 12.2. The number of anilines is 1. The second-order valence-corrected chi connectivity index (χ2v) is 5.69. The highest BCUT2D eigenvalue weighted by Crippen LogP contribution is 2.29. The number of aryl methyl sites for hydroxylation is 1. The maximum Gasteiger partial charge on any atom is 0.414 e. The van der Waals surface area contributed by atoms with Crippen LogP contribution in [0.25, 0.3) is 0 Å². The molecule has 1 aromatic carbocycles. The van der Waals surface area contributed by atoms with Crippen molar-refractivity contribution in [3.05, 3.63) is 29.3 Å². The molecule has 0 unspecified atom stereocenters. The first-order valence-corrected chi connectivity index (χ1v) is 6.44. The van der Waals surface area contributed by atoms with Crippen molar-refractivity contribution in [1.29, 1.82) is 5.26 Å². The Bertz CT molecular complexity index is 538. The molecule has 0 radical (unpaired) electrons. The fourth-order valence-electron chi connectivity index (χ4n) is 2.15. The van der Waals surface area contributed by atoms with Crippen molar-refractivity contribution in [1.82, 2.24) is 0 Å². The van der Waals surface area contributed by atoms with Gasteiger partial charge in [-0.2, -0.15) is 5.26 Å². The van der Waals surface area contributed by atoms with E-state index in [0.29, 0.717) is 12.1 Å². The van der Waals surface area contributed by atoms with Crippen LogP contribution in [0.2, 0.25) is 0 Å². The van der Waals surface area contributed by atoms with Crippen LogP contribution < -0.4 is 4.90 Å². The zero-order chi connectivity index (χ0) is 14.0. The summed E-state index contributed by atoms with van der Waals surface area (Å²) in [6.45, 7) is 6.18. The van der Waals surface area contributed by atoms with E-state index in [1.807, 2.05) is 26.8 Å². The summed E-state index contributed by atoms with van der Waals surface area (Å²) in [6.07, 6.45) is 1.50. The SMILES string of the molecule is CC(C)(C)OC(=O)N1CCCc2ccc(C#N)cc21. The van der Waals surface area contributed by atoms with Crippen LogP contribution in [-0.4, -0.2) is 18.2 Å². The van der Waals surface area contributed by atoms with Gasteiger partial charge in [-0.05, 0) is 51.3 Å². The zero-order valence-electron chi connectivity index (χ0n) is 11.6. The first kappa shape index (κ1) is 13.4. The van der Waals surface area contributed by atoms with Gasteiger partial charge >= 0.3 is 6.09 Å². The van der Waals surface area contributed by atoms with E-state index >= 15 is 0 Å². The van der Waals surface area contributed by atoms with Gasteiger partial charge in [0.1, 0.15) is 5.60 Å². The summed E-state index contributed by atoms with van der Waals surface area (Å²) in [7, 11) is 0. The fourth-order valence-corrected chi connectivity index (χ4v) is 2.15. The molecular formula is C15H18N2O2. The molecule has 0 bridgehead atoms. The molecule has 0 saturated heterocycles. The molecule has 0 aromatic heterocycles. The molecular weight excluding hydrogens is 240 g/mol. The van der Waals surface area contributed by atoms with Gasteiger partial charge in [-0.15, -0.1) is 0 Å². The molecule has 0 saturated carbocycles. The number of nitriles is 1. The molecule has 4 nitrogen and oxygen atoms in total. The number of nitrogens with zero attached hydrogens (tertiary/aromatic N) is 2. The standard InChI is InChI=1S/C15H18N2O2/c1-15(2,3)19-14(18)17-8-4-5-12-7-6-11(10-16)9-13(12)17/h6-7,9H,4-5,8H2,1-3H3. The molecule has 1 aromatic rings. The van der Waals surface area contributed by atoms with E-state index in [0.717, 1.165) is 24.1 Å². The van der Waals surface area contributed by atoms with Crippen LogP contribution >= 0.6 is 0 Å². The molecule has 0 atom stereocenters. The summed E-state index contributed by atoms with van der Waals surface area (Å²) in [5.41, 5.74) is 1.95. The highest BCUT2D eigenvalue weighted by atomic mass is 16.6. The van der Waals surface area contributed by atoms with Crippen LogP contribution in [0.15, 0.2) is 18.2 Å². The van der Waals surface area contributed by atoms with Gasteiger partial charge in [-0.1, -0.05) is 6.07 Å². The van der Waals surface area contributed by atoms with E-state index in [-0.39, 0.29) is 6.09 Å². The molecule has 0 spiro atoms. The Kier molecular flexibility index (Phi) is 3.48. The number of hydrogen-bond acceptors (Lipinski definition) is 3. The number of carbonyl (C=O) groups is 1. The normalized spacial score (nSPS) is 14.5. The zero-order valence-corrected chi connectivity index (χ0v) is 11.6. The van der Waals surface area contributed by atoms with Gasteiger partial charge in [0.25, 0.3) is 0 Å². The van der Waals surface area contributed by atoms with E-state index in [4.69, 9.17) is 10.00 Å². The van der Waals surface area contributed by atoms with Crippen LogP contribution in [-0.2, 0) is 11.2 Å². The van der Waals surface area contributed by atoms with E-state index < -0.39 is 5.60 Å². The topological polar surface area (TPSA) is 53.3 Å². The van der Waals surface area contributed by atoms with E-state index in [1.54, 1.807) is 17.0 Å². The van der Waals surface area contributed by atoms with Crippen molar-refractivity contribution in [2.24, 2.45) is 0 Å². The van der Waals surface area contributed by atoms with Crippen LogP contribution in [0.4, 0.5) is 10.5 Å². The van der Waals surface area contributed by atoms with Gasteiger partial charge in [0.15, 0.2) is 0 Å². The number of hydrogen-bond donors (Lipinski definition) is 0. The predicted molar refractivity (Wildman–Crippen MR) is 73.1 cm³/mol. The molecule has 2 rings (SSSR count). The third-order valence-electron chi connectivity index (χ3n) is 2.95. The second kappa shape index (κ2) is 4.93. The van der Waals surface area contributed by atoms with Crippen LogP contribution in [0.3, 0.4) is 0 Å². The summed E-state index contributed by atoms with van der Waals surface area (Å²) in [6, 6.07) is 7.58. The number of fused-ring (bicyclic) bond motifs is 1. The molecule has 1 aliphatic rings. The summed E-state index contributed by atoms with van der Waals surface area (Å²) in [4.78, 5) is 13.8. The molecule has 100 valence electrons. The Hall–Kier alpha value is -2.02. The van der Waals surface area contributed by atoms with Crippen LogP contribution in [0.1, 0.15) is 38.3 Å². The number of ether oxygens (including phenoxy) is 1. The highest BCUT2D eigenvalue weighted by molar-refractivity contribution is 5.89. The molecule has 19 heavy (non-hydrogen) atoms. The van der Waals surface area contributed by atoms with Crippen LogP contribution in [0.5, 0.6) is 0 Å². The van der Waals surface area contributed by atoms with Crippen LogP contribution in [0, 0.1) is 11.3 Å². The Morgan fingerprint density at radius 3 is 2.79 bits per heavy atom. The summed E-state index contributed by atoms with van der Waals surface area (Å²) >= 11 is 0. The van der Waals surface area contributed by atoms with Crippen molar-refractivity contribution in [3.63, 3.8) is 0 Å². The van der Waals surface area contributed by atoms with Gasteiger partial charge in [-0.3, -0.25) is 4.90 Å². The van der Waals surface area contributed by atoms with E-state index in [9.17, 15) is 4.79 Å². The van der Waals surface area contributed by atoms with Gasteiger partial charge < -0.3 is 4.74 Å². The Morgan fingerprint density at radius 1 is 1.42 bits per heavy atom. The molecule has 1 amide bonds. The van der Waals surface area contributed by atoms with Crippen molar-refractivity contribution in [3.8, 4) is 6.07 Å². The molecule has 0 aliphatic carbocycles. The van der Waals surface area contributed by atoms with E-state index in [2.05, 4.69) is 6.07 Å². The number of carbonyl (C=O) groups excluding carboxylic acids is 1. The summed E-state index contributed by atoms with van der Waals surface area (Å²) in [5, 5.41) is 8.97. The monoisotopic (exact) mass is 258 g/mol. The summed E-state index contributed by atoms with van der Waals surface area (Å²) in [5.74, 6) is 0. The Balaban J connectivity index is 2.31. The molecule has 4 heteroatoms. The lowest BCUT2D eigenvalue weighted by Gasteiger charge is -2.31. The minimum Gasteiger partial charge on any atom is -0.443 e. The minimum absolute atomic E-state index is 0.344. The van der Waals surface area contributed by atoms with Crippen molar-refractivity contribution in [2.45, 2.75) is 39.2 Å². The predicted octanol–water partition coefficient (Wildman–Crippen LogP) is 3.25. The van der Waals surface area contributed by atoms with Gasteiger partial charge in [-0.25, -0.2) is 4.79 Å². The Labute approximate surface area is 113 Å². The maximum absolute atomic E-state index is 12.2. The molecule has 0 fully saturated rings. The van der Waals surface area contributed by atoms with E-state index in [1.165, 1.54) is 0 Å². The average molecular weight is 258 g/mol. The van der Waals surface area contributed by atoms with Crippen molar-refractivity contribution in [2.75, 3.05) is 11.4 Å². The minimum atomic E-state index is -0.512. The third kappa shape index (κ3) is 3.05. The van der Waals surface area contributed by atoms with Crippen molar-refractivity contribution >= 4 is 11.8 Å². The average Bonchev–Trinajstić information content (AvgIpc) is 2.35. The number of rotatable bonds is 0. The van der Waals surface area contributed by atoms with Gasteiger partial charge in [0.2, 0.25) is 0 Å². The molecule has 1 aliphatic heterocycles. The van der Waals surface area contributed by atoms with Crippen molar-refractivity contribution < 1.29 is 9.53 Å². The third-order valence-corrected chi connectivity index (χ3v) is 2.95. The fraction of sp³-hybridized carbons (Fsp3) is 0.467. The van der Waals surface area contributed by atoms with Gasteiger partial charge in [0.05, 0.1) is 17.3 Å². The summed E-state index contributed by atoms with van der Waals surface area (Å²) < 4.78 is 5.41. The van der Waals surface area contributed by atoms with Gasteiger partial charge in [0, 0.05) is 6.54 Å². The Morgan fingerprint density at radius 2 is 2.16 bits per heavy atom. The first-order valence-electron chi connectivity index (χ1n) is 6.44. The smallest absolute Gasteiger partial charge is 0.414 e.